The van der Waals surface area contributed by atoms with E-state index in [1.807, 2.05) is 24.3 Å². The molecular weight excluding hydrogens is 273 g/mol. The molecule has 0 amide bonds. The average molecular weight is 286 g/mol. The van der Waals surface area contributed by atoms with Gasteiger partial charge in [0.15, 0.2) is 0 Å². The molecule has 2 aromatic rings. The molecule has 0 radical (unpaired) electrons. The van der Waals surface area contributed by atoms with Crippen LogP contribution in [0.25, 0.3) is 11.3 Å². The average Bonchev–Trinajstić information content (AvgIpc) is 2.82. The van der Waals surface area contributed by atoms with E-state index in [9.17, 15) is 0 Å². The maximum Gasteiger partial charge on any atom is 0.135 e. The highest BCUT2D eigenvalue weighted by atomic mass is 35.5. The molecule has 0 saturated heterocycles. The molecule has 1 heterocycles. The molecule has 96 valence electrons. The van der Waals surface area contributed by atoms with Crippen LogP contribution in [-0.4, -0.2) is 18.3 Å². The number of hydrogen-bond acceptors (Lipinski definition) is 3. The maximum absolute atomic E-state index is 8.67. The molecule has 2 N–H and O–H groups in total. The molecule has 0 saturated carbocycles. The third kappa shape index (κ3) is 3.06. The zero-order valence-electron chi connectivity index (χ0n) is 9.62. The molecule has 3 nitrogen and oxygen atoms in total. The lowest BCUT2D eigenvalue weighted by Gasteiger charge is -2.03. The lowest BCUT2D eigenvalue weighted by Crippen LogP contribution is -2.16. The zero-order chi connectivity index (χ0) is 13.0. The molecular formula is C13H13Cl2NO2. The predicted molar refractivity (Wildman–Crippen MR) is 73.0 cm³/mol. The molecule has 2 rings (SSSR count). The normalized spacial score (nSPS) is 10.8. The number of aliphatic hydroxyl groups excluding tert-OH is 1. The number of furan rings is 1. The second-order valence-electron chi connectivity index (χ2n) is 3.77. The Kier molecular flexibility index (Phi) is 4.66. The summed E-state index contributed by atoms with van der Waals surface area (Å²) in [7, 11) is 0. The second kappa shape index (κ2) is 6.25. The van der Waals surface area contributed by atoms with Crippen molar-refractivity contribution in [1.82, 2.24) is 5.32 Å². The van der Waals surface area contributed by atoms with Gasteiger partial charge in [0.2, 0.25) is 0 Å². The molecule has 0 aliphatic carbocycles. The van der Waals surface area contributed by atoms with Gasteiger partial charge in [0, 0.05) is 12.1 Å². The SMILES string of the molecule is OCCNCc1ccc(-c2cccc(Cl)c2Cl)o1. The first-order chi connectivity index (χ1) is 8.72. The van der Waals surface area contributed by atoms with Crippen molar-refractivity contribution in [2.24, 2.45) is 0 Å². The monoisotopic (exact) mass is 285 g/mol. The van der Waals surface area contributed by atoms with Crippen molar-refractivity contribution in [2.75, 3.05) is 13.2 Å². The Morgan fingerprint density at radius 3 is 2.78 bits per heavy atom. The minimum atomic E-state index is 0.105. The molecule has 0 bridgehead atoms. The van der Waals surface area contributed by atoms with E-state index in [0.29, 0.717) is 28.9 Å². The summed E-state index contributed by atoms with van der Waals surface area (Å²) >= 11 is 12.1. The highest BCUT2D eigenvalue weighted by Gasteiger charge is 2.10. The number of nitrogens with one attached hydrogen (secondary N) is 1. The van der Waals surface area contributed by atoms with E-state index in [2.05, 4.69) is 5.32 Å². The van der Waals surface area contributed by atoms with Crippen LogP contribution < -0.4 is 5.32 Å². The molecule has 0 aliphatic heterocycles. The molecule has 0 aliphatic rings. The van der Waals surface area contributed by atoms with E-state index >= 15 is 0 Å². The molecule has 0 fully saturated rings. The summed E-state index contributed by atoms with van der Waals surface area (Å²) in [5, 5.41) is 12.7. The zero-order valence-corrected chi connectivity index (χ0v) is 11.1. The molecule has 0 unspecified atom stereocenters. The van der Waals surface area contributed by atoms with Gasteiger partial charge in [0.1, 0.15) is 11.5 Å². The van der Waals surface area contributed by atoms with E-state index in [-0.39, 0.29) is 6.61 Å². The quantitative estimate of drug-likeness (QED) is 0.829. The first-order valence-corrected chi connectivity index (χ1v) is 6.32. The van der Waals surface area contributed by atoms with E-state index in [4.69, 9.17) is 32.7 Å². The summed E-state index contributed by atoms with van der Waals surface area (Å²) in [5.74, 6) is 1.47. The predicted octanol–water partition coefficient (Wildman–Crippen LogP) is 3.34. The Labute approximate surface area is 115 Å². The molecule has 18 heavy (non-hydrogen) atoms. The first-order valence-electron chi connectivity index (χ1n) is 5.57. The highest BCUT2D eigenvalue weighted by Crippen LogP contribution is 2.34. The van der Waals surface area contributed by atoms with Gasteiger partial charge < -0.3 is 14.8 Å². The van der Waals surface area contributed by atoms with Gasteiger partial charge in [-0.05, 0) is 24.3 Å². The van der Waals surface area contributed by atoms with Crippen molar-refractivity contribution in [3.8, 4) is 11.3 Å². The summed E-state index contributed by atoms with van der Waals surface area (Å²) in [4.78, 5) is 0. The standard InChI is InChI=1S/C13H13Cl2NO2/c14-11-3-1-2-10(13(11)15)12-5-4-9(18-12)8-16-6-7-17/h1-5,16-17H,6-8H2. The molecule has 0 atom stereocenters. The topological polar surface area (TPSA) is 45.4 Å². The Hall–Kier alpha value is -1.000. The van der Waals surface area contributed by atoms with Gasteiger partial charge in [0.25, 0.3) is 0 Å². The van der Waals surface area contributed by atoms with E-state index in [1.54, 1.807) is 6.07 Å². The van der Waals surface area contributed by atoms with Gasteiger partial charge in [-0.2, -0.15) is 0 Å². The fourth-order valence-corrected chi connectivity index (χ4v) is 2.00. The number of hydrogen-bond donors (Lipinski definition) is 2. The number of rotatable bonds is 5. The smallest absolute Gasteiger partial charge is 0.135 e. The molecule has 1 aromatic carbocycles. The van der Waals surface area contributed by atoms with Gasteiger partial charge in [0.05, 0.1) is 23.2 Å². The van der Waals surface area contributed by atoms with Crippen LogP contribution >= 0.6 is 23.2 Å². The Balaban J connectivity index is 2.16. The van der Waals surface area contributed by atoms with Crippen molar-refractivity contribution >= 4 is 23.2 Å². The van der Waals surface area contributed by atoms with E-state index in [0.717, 1.165) is 11.3 Å². The largest absolute Gasteiger partial charge is 0.460 e. The van der Waals surface area contributed by atoms with Crippen molar-refractivity contribution in [3.05, 3.63) is 46.1 Å². The van der Waals surface area contributed by atoms with E-state index in [1.165, 1.54) is 0 Å². The van der Waals surface area contributed by atoms with Gasteiger partial charge in [-0.25, -0.2) is 0 Å². The van der Waals surface area contributed by atoms with Crippen molar-refractivity contribution < 1.29 is 9.52 Å². The fraction of sp³-hybridized carbons (Fsp3) is 0.231. The number of halogens is 2. The fourth-order valence-electron chi connectivity index (χ4n) is 1.60. The van der Waals surface area contributed by atoms with Crippen LogP contribution in [0.4, 0.5) is 0 Å². The van der Waals surface area contributed by atoms with Crippen molar-refractivity contribution in [3.63, 3.8) is 0 Å². The summed E-state index contributed by atoms with van der Waals surface area (Å²) in [6, 6.07) is 9.15. The molecule has 0 spiro atoms. The van der Waals surface area contributed by atoms with E-state index < -0.39 is 0 Å². The minimum Gasteiger partial charge on any atom is -0.460 e. The second-order valence-corrected chi connectivity index (χ2v) is 4.55. The van der Waals surface area contributed by atoms with Crippen LogP contribution in [0.5, 0.6) is 0 Å². The third-order valence-corrected chi connectivity index (χ3v) is 3.29. The van der Waals surface area contributed by atoms with Gasteiger partial charge >= 0.3 is 0 Å². The molecule has 1 aromatic heterocycles. The van der Waals surface area contributed by atoms with Gasteiger partial charge in [-0.1, -0.05) is 29.3 Å². The third-order valence-electron chi connectivity index (χ3n) is 2.47. The summed E-state index contributed by atoms with van der Waals surface area (Å²) < 4.78 is 5.66. The summed E-state index contributed by atoms with van der Waals surface area (Å²) in [6.45, 7) is 1.21. The Morgan fingerprint density at radius 1 is 1.17 bits per heavy atom. The molecule has 5 heteroatoms. The Bertz CT molecular complexity index is 525. The van der Waals surface area contributed by atoms with Crippen molar-refractivity contribution in [1.29, 1.82) is 0 Å². The Morgan fingerprint density at radius 2 is 2.00 bits per heavy atom. The minimum absolute atomic E-state index is 0.105. The van der Waals surface area contributed by atoms with Crippen molar-refractivity contribution in [2.45, 2.75) is 6.54 Å². The van der Waals surface area contributed by atoms with Gasteiger partial charge in [-0.15, -0.1) is 0 Å². The lowest BCUT2D eigenvalue weighted by atomic mass is 10.2. The van der Waals surface area contributed by atoms with Crippen LogP contribution in [0.15, 0.2) is 34.7 Å². The number of benzene rings is 1. The van der Waals surface area contributed by atoms with Crippen LogP contribution in [0.1, 0.15) is 5.76 Å². The number of aliphatic hydroxyl groups is 1. The summed E-state index contributed by atoms with van der Waals surface area (Å²) in [5.41, 5.74) is 0.776. The van der Waals surface area contributed by atoms with Crippen LogP contribution in [-0.2, 0) is 6.54 Å². The summed E-state index contributed by atoms with van der Waals surface area (Å²) in [6.07, 6.45) is 0. The van der Waals surface area contributed by atoms with Crippen LogP contribution in [0.3, 0.4) is 0 Å². The van der Waals surface area contributed by atoms with Crippen LogP contribution in [0.2, 0.25) is 10.0 Å². The maximum atomic E-state index is 8.67. The van der Waals surface area contributed by atoms with Gasteiger partial charge in [-0.3, -0.25) is 0 Å². The highest BCUT2D eigenvalue weighted by molar-refractivity contribution is 6.43. The van der Waals surface area contributed by atoms with Crippen LogP contribution in [0, 0.1) is 0 Å². The lowest BCUT2D eigenvalue weighted by molar-refractivity contribution is 0.290. The first kappa shape index (κ1) is 13.4.